The van der Waals surface area contributed by atoms with Crippen molar-refractivity contribution < 1.29 is 9.90 Å². The number of hydrogen-bond donors (Lipinski definition) is 1. The van der Waals surface area contributed by atoms with E-state index < -0.39 is 5.97 Å². The van der Waals surface area contributed by atoms with E-state index in [1.54, 1.807) is 0 Å². The Morgan fingerprint density at radius 3 is 2.00 bits per heavy atom. The van der Waals surface area contributed by atoms with E-state index >= 15 is 0 Å². The van der Waals surface area contributed by atoms with Crippen LogP contribution in [-0.4, -0.2) is 11.1 Å². The zero-order valence-corrected chi connectivity index (χ0v) is 15.3. The summed E-state index contributed by atoms with van der Waals surface area (Å²) in [5.41, 5.74) is 5.45. The fourth-order valence-corrected chi connectivity index (χ4v) is 2.99. The normalized spacial score (nSPS) is 11.5. The summed E-state index contributed by atoms with van der Waals surface area (Å²) < 4.78 is 0. The molecule has 0 aromatic heterocycles. The number of aryl methyl sites for hydroxylation is 1. The number of hydrogen-bond acceptors (Lipinski definition) is 1. The highest BCUT2D eigenvalue weighted by atomic mass is 16.4. The van der Waals surface area contributed by atoms with Crippen molar-refractivity contribution in [1.82, 2.24) is 0 Å². The number of allylic oxidation sites excluding steroid dienone is 1. The van der Waals surface area contributed by atoms with Gasteiger partial charge < -0.3 is 5.11 Å². The molecule has 0 aliphatic carbocycles. The van der Waals surface area contributed by atoms with Crippen molar-refractivity contribution in [3.63, 3.8) is 0 Å². The Hall–Kier alpha value is -2.35. The number of carboxylic acids is 1. The number of carboxylic acid groups (broad SMARTS) is 1. The Morgan fingerprint density at radius 1 is 0.880 bits per heavy atom. The van der Waals surface area contributed by atoms with E-state index in [0.717, 1.165) is 23.1 Å². The smallest absolute Gasteiger partial charge is 0.328 e. The van der Waals surface area contributed by atoms with Gasteiger partial charge in [0, 0.05) is 6.08 Å². The number of carbonyl (C=O) groups is 1. The second-order valence-corrected chi connectivity index (χ2v) is 6.60. The SMILES string of the molecule is CCCCCCCc1ccc(-c2ccc(/C(C)=C/C(=O)O)cc2)cc1. The van der Waals surface area contributed by atoms with Crippen LogP contribution in [0.3, 0.4) is 0 Å². The zero-order chi connectivity index (χ0) is 18.1. The van der Waals surface area contributed by atoms with E-state index in [2.05, 4.69) is 31.2 Å². The highest BCUT2D eigenvalue weighted by Crippen LogP contribution is 2.23. The number of benzene rings is 2. The molecule has 0 unspecified atom stereocenters. The molecule has 0 aliphatic rings. The zero-order valence-electron chi connectivity index (χ0n) is 15.3. The fourth-order valence-electron chi connectivity index (χ4n) is 2.99. The van der Waals surface area contributed by atoms with Gasteiger partial charge in [0.25, 0.3) is 0 Å². The number of rotatable bonds is 9. The lowest BCUT2D eigenvalue weighted by molar-refractivity contribution is -0.131. The molecule has 25 heavy (non-hydrogen) atoms. The fraction of sp³-hybridized carbons (Fsp3) is 0.348. The summed E-state index contributed by atoms with van der Waals surface area (Å²) in [6.07, 6.45) is 8.96. The van der Waals surface area contributed by atoms with Crippen LogP contribution in [0.4, 0.5) is 0 Å². The van der Waals surface area contributed by atoms with Crippen LogP contribution in [0.1, 0.15) is 57.1 Å². The van der Waals surface area contributed by atoms with Crippen molar-refractivity contribution >= 4 is 11.5 Å². The number of unbranched alkanes of at least 4 members (excludes halogenated alkanes) is 4. The first-order valence-corrected chi connectivity index (χ1v) is 9.21. The van der Waals surface area contributed by atoms with Gasteiger partial charge in [0.05, 0.1) is 0 Å². The van der Waals surface area contributed by atoms with E-state index in [9.17, 15) is 4.79 Å². The third-order valence-electron chi connectivity index (χ3n) is 4.54. The van der Waals surface area contributed by atoms with Gasteiger partial charge in [-0.2, -0.15) is 0 Å². The average molecular weight is 336 g/mol. The summed E-state index contributed by atoms with van der Waals surface area (Å²) in [6, 6.07) is 16.9. The highest BCUT2D eigenvalue weighted by Gasteiger charge is 2.02. The minimum Gasteiger partial charge on any atom is -0.478 e. The Bertz CT molecular complexity index is 694. The van der Waals surface area contributed by atoms with Crippen LogP contribution in [0.25, 0.3) is 16.7 Å². The highest BCUT2D eigenvalue weighted by molar-refractivity contribution is 5.89. The third-order valence-corrected chi connectivity index (χ3v) is 4.54. The van der Waals surface area contributed by atoms with Gasteiger partial charge in [-0.25, -0.2) is 4.79 Å². The van der Waals surface area contributed by atoms with E-state index in [-0.39, 0.29) is 0 Å². The van der Waals surface area contributed by atoms with Crippen LogP contribution in [-0.2, 0) is 11.2 Å². The predicted octanol–water partition coefficient (Wildman–Crippen LogP) is 6.35. The molecule has 0 amide bonds. The minimum atomic E-state index is -0.910. The van der Waals surface area contributed by atoms with Gasteiger partial charge in [-0.3, -0.25) is 0 Å². The molecule has 132 valence electrons. The van der Waals surface area contributed by atoms with Gasteiger partial charge in [-0.15, -0.1) is 0 Å². The van der Waals surface area contributed by atoms with Crippen molar-refractivity contribution in [1.29, 1.82) is 0 Å². The monoisotopic (exact) mass is 336 g/mol. The van der Waals surface area contributed by atoms with Crippen LogP contribution in [0.15, 0.2) is 54.6 Å². The second kappa shape index (κ2) is 9.83. The molecule has 0 heterocycles. The van der Waals surface area contributed by atoms with Crippen LogP contribution in [0.5, 0.6) is 0 Å². The van der Waals surface area contributed by atoms with E-state index in [1.807, 2.05) is 31.2 Å². The van der Waals surface area contributed by atoms with Gasteiger partial charge in [0.1, 0.15) is 0 Å². The minimum absolute atomic E-state index is 0.762. The molecule has 1 N–H and O–H groups in total. The quantitative estimate of drug-likeness (QED) is 0.427. The molecule has 0 aliphatic heterocycles. The Balaban J connectivity index is 1.96. The molecular weight excluding hydrogens is 308 g/mol. The van der Waals surface area contributed by atoms with Gasteiger partial charge in [-0.05, 0) is 47.6 Å². The number of aliphatic carboxylic acids is 1. The Kier molecular flexibility index (Phi) is 7.46. The van der Waals surface area contributed by atoms with Gasteiger partial charge in [0.15, 0.2) is 0 Å². The molecule has 0 bridgehead atoms. The topological polar surface area (TPSA) is 37.3 Å². The van der Waals surface area contributed by atoms with Crippen molar-refractivity contribution in [2.45, 2.75) is 52.4 Å². The van der Waals surface area contributed by atoms with Crippen LogP contribution in [0, 0.1) is 0 Å². The summed E-state index contributed by atoms with van der Waals surface area (Å²) in [7, 11) is 0. The van der Waals surface area contributed by atoms with Crippen LogP contribution in [0.2, 0.25) is 0 Å². The lowest BCUT2D eigenvalue weighted by Crippen LogP contribution is -1.90. The van der Waals surface area contributed by atoms with E-state index in [4.69, 9.17) is 5.11 Å². The first kappa shape index (κ1) is 19.0. The molecule has 0 atom stereocenters. The third kappa shape index (κ3) is 6.22. The first-order chi connectivity index (χ1) is 12.1. The molecular formula is C23H28O2. The summed E-state index contributed by atoms with van der Waals surface area (Å²) in [4.78, 5) is 10.8. The predicted molar refractivity (Wildman–Crippen MR) is 106 cm³/mol. The molecule has 0 saturated heterocycles. The second-order valence-electron chi connectivity index (χ2n) is 6.60. The standard InChI is InChI=1S/C23H28O2/c1-3-4-5-6-7-8-19-9-11-21(12-10-19)22-15-13-20(14-16-22)18(2)17-23(24)25/h9-17H,3-8H2,1-2H3,(H,24,25)/b18-17+. The average Bonchev–Trinajstić information content (AvgIpc) is 2.62. The molecule has 2 rings (SSSR count). The summed E-state index contributed by atoms with van der Waals surface area (Å²) in [6.45, 7) is 4.06. The largest absolute Gasteiger partial charge is 0.478 e. The van der Waals surface area contributed by atoms with E-state index in [0.29, 0.717) is 0 Å². The Labute approximate surface area is 151 Å². The van der Waals surface area contributed by atoms with E-state index in [1.165, 1.54) is 49.3 Å². The van der Waals surface area contributed by atoms with Gasteiger partial charge in [-0.1, -0.05) is 81.1 Å². The Morgan fingerprint density at radius 2 is 1.44 bits per heavy atom. The summed E-state index contributed by atoms with van der Waals surface area (Å²) in [5.74, 6) is -0.910. The van der Waals surface area contributed by atoms with Crippen molar-refractivity contribution in [2.75, 3.05) is 0 Å². The van der Waals surface area contributed by atoms with Crippen LogP contribution >= 0.6 is 0 Å². The molecule has 2 nitrogen and oxygen atoms in total. The molecule has 0 spiro atoms. The summed E-state index contributed by atoms with van der Waals surface area (Å²) >= 11 is 0. The lowest BCUT2D eigenvalue weighted by atomic mass is 9.98. The van der Waals surface area contributed by atoms with Crippen molar-refractivity contribution in [3.05, 3.63) is 65.7 Å². The van der Waals surface area contributed by atoms with Crippen molar-refractivity contribution in [3.8, 4) is 11.1 Å². The maximum absolute atomic E-state index is 10.8. The molecule has 0 radical (unpaired) electrons. The molecule has 0 saturated carbocycles. The first-order valence-electron chi connectivity index (χ1n) is 9.21. The van der Waals surface area contributed by atoms with Gasteiger partial charge in [0.2, 0.25) is 0 Å². The molecule has 2 aromatic carbocycles. The molecule has 0 fully saturated rings. The van der Waals surface area contributed by atoms with Crippen LogP contribution < -0.4 is 0 Å². The molecule has 2 heteroatoms. The van der Waals surface area contributed by atoms with Gasteiger partial charge >= 0.3 is 5.97 Å². The maximum atomic E-state index is 10.8. The summed E-state index contributed by atoms with van der Waals surface area (Å²) in [5, 5.41) is 8.83. The lowest BCUT2D eigenvalue weighted by Gasteiger charge is -2.07. The maximum Gasteiger partial charge on any atom is 0.328 e. The molecule has 2 aromatic rings. The van der Waals surface area contributed by atoms with Crippen molar-refractivity contribution in [2.24, 2.45) is 0 Å².